The SMILES string of the molecule is C.C.C.C.C.C.C=C(C)C(=O)OCC(O)COC(=O)Cc1cc(CC)c(O)c(-n2nc3ccc(I)cc3n2)c1.C=C(C)C(=O)OCC1OC1=C.CCc1cc(CC(=O)O)cc(-n2nc3ccc(I)cc3n2)c1O. The molecule has 1 saturated heterocycles. The van der Waals surface area contributed by atoms with Crippen molar-refractivity contribution in [2.24, 2.45) is 0 Å². The standard InChI is InChI=1S/C23H24IN3O6.C16H14IN3O3.C8H10O3.6CH4/c1-4-15-7-14(9-21(29)32-11-17(28)12-33-23(31)13(2)3)8-20(22(15)30)27-25-18-6-5-16(24)10-19(18)26-27;1-2-10-5-9(7-15(21)22)6-14(16(10)23)20-18-12-4-3-11(17)8-13(12)19-20;1-5(2)8(9)10-4-7-6(3)11-7;;;;;;/h5-8,10,17,28,30H,2,4,9,11-12H2,1,3H3;3-6,8,23H,2,7H2,1H3,(H,21,22);7H,1,3-4H2,2H3;6*1H4. The van der Waals surface area contributed by atoms with Crippen molar-refractivity contribution in [2.45, 2.75) is 110 Å². The number of carboxylic acids is 1. The van der Waals surface area contributed by atoms with Crippen molar-refractivity contribution in [3.8, 4) is 22.9 Å². The third-order valence-electron chi connectivity index (χ3n) is 9.54. The average Bonchev–Trinajstić information content (AvgIpc) is 3.60. The van der Waals surface area contributed by atoms with Crippen molar-refractivity contribution in [2.75, 3.05) is 19.8 Å². The smallest absolute Gasteiger partial charge is 0.333 e. The van der Waals surface area contributed by atoms with Gasteiger partial charge in [-0.2, -0.15) is 0 Å². The zero-order valence-corrected chi connectivity index (χ0v) is 41.3. The highest BCUT2D eigenvalue weighted by atomic mass is 127. The highest BCUT2D eigenvalue weighted by molar-refractivity contribution is 14.1. The Hall–Kier alpha value is -6.40. The number of epoxide rings is 1. The monoisotopic (exact) mass is 1240 g/mol. The zero-order chi connectivity index (χ0) is 49.1. The van der Waals surface area contributed by atoms with E-state index < -0.39 is 24.0 Å². The molecule has 0 aliphatic carbocycles. The Balaban J connectivity index is 0. The molecule has 3 heterocycles. The molecule has 400 valence electrons. The maximum Gasteiger partial charge on any atom is 0.333 e. The van der Waals surface area contributed by atoms with E-state index in [-0.39, 0.29) is 106 Å². The highest BCUT2D eigenvalue weighted by Crippen LogP contribution is 2.31. The molecule has 20 heteroatoms. The maximum absolute atomic E-state index is 12.3. The van der Waals surface area contributed by atoms with Gasteiger partial charge in [-0.25, -0.2) is 9.59 Å². The van der Waals surface area contributed by atoms with Crippen LogP contribution in [0.15, 0.2) is 97.3 Å². The number of phenols is 2. The minimum atomic E-state index is -1.15. The van der Waals surface area contributed by atoms with Crippen LogP contribution in [0.5, 0.6) is 11.5 Å². The number of aromatic nitrogens is 6. The number of hydrogen-bond donors (Lipinski definition) is 4. The van der Waals surface area contributed by atoms with Gasteiger partial charge in [-0.1, -0.05) is 90.3 Å². The van der Waals surface area contributed by atoms with Crippen molar-refractivity contribution in [3.63, 3.8) is 0 Å². The number of aliphatic hydroxyl groups excluding tert-OH is 1. The molecular weight excluding hydrogens is 1170 g/mol. The molecule has 6 aromatic rings. The number of aliphatic carboxylic acids is 1. The number of phenolic OH excluding ortho intramolecular Hbond substituents is 2. The Bertz CT molecular complexity index is 2880. The van der Waals surface area contributed by atoms with E-state index in [1.54, 1.807) is 31.2 Å². The second kappa shape index (κ2) is 31.2. The molecule has 2 unspecified atom stereocenters. The van der Waals surface area contributed by atoms with Gasteiger partial charge in [0.1, 0.15) is 76.6 Å². The van der Waals surface area contributed by atoms with Crippen LogP contribution in [0.2, 0.25) is 0 Å². The molecule has 0 saturated carbocycles. The fourth-order valence-corrected chi connectivity index (χ4v) is 6.95. The van der Waals surface area contributed by atoms with Gasteiger partial charge in [-0.3, -0.25) is 9.59 Å². The number of carbonyl (C=O) groups is 4. The van der Waals surface area contributed by atoms with Gasteiger partial charge in [0.2, 0.25) is 0 Å². The summed E-state index contributed by atoms with van der Waals surface area (Å²) < 4.78 is 21.6. The largest absolute Gasteiger partial charge is 0.505 e. The molecule has 0 spiro atoms. The second-order valence-electron chi connectivity index (χ2n) is 15.1. The molecule has 4 aromatic carbocycles. The van der Waals surface area contributed by atoms with Gasteiger partial charge in [0, 0.05) is 18.3 Å². The van der Waals surface area contributed by atoms with E-state index in [0.717, 1.165) is 12.7 Å². The van der Waals surface area contributed by atoms with Gasteiger partial charge >= 0.3 is 23.9 Å². The first-order valence-corrected chi connectivity index (χ1v) is 22.7. The maximum atomic E-state index is 12.3. The summed E-state index contributed by atoms with van der Waals surface area (Å²) in [6.07, 6.45) is -0.311. The van der Waals surface area contributed by atoms with Gasteiger partial charge in [-0.05, 0) is 143 Å². The van der Waals surface area contributed by atoms with Crippen LogP contribution in [0.25, 0.3) is 33.4 Å². The Kier molecular flexibility index (Phi) is 29.4. The van der Waals surface area contributed by atoms with E-state index in [1.165, 1.54) is 16.5 Å². The summed E-state index contributed by atoms with van der Waals surface area (Å²) in [5, 5.41) is 57.6. The third kappa shape index (κ3) is 19.5. The number of fused-ring (bicyclic) bond motifs is 2. The highest BCUT2D eigenvalue weighted by Gasteiger charge is 2.31. The number of ether oxygens (including phenoxy) is 4. The summed E-state index contributed by atoms with van der Waals surface area (Å²) in [5.41, 5.74) is 6.69. The number of hydrogen-bond acceptors (Lipinski definition) is 15. The summed E-state index contributed by atoms with van der Waals surface area (Å²) in [5.74, 6) is -1.70. The minimum absolute atomic E-state index is 0. The fraction of sp³-hybridized carbons (Fsp3) is 0.358. The first-order chi connectivity index (χ1) is 31.8. The van der Waals surface area contributed by atoms with Crippen molar-refractivity contribution < 1.29 is 58.6 Å². The lowest BCUT2D eigenvalue weighted by atomic mass is 10.0. The van der Waals surface area contributed by atoms with Crippen LogP contribution in [0, 0.1) is 7.14 Å². The van der Waals surface area contributed by atoms with Crippen LogP contribution in [0.4, 0.5) is 0 Å². The number of aromatic hydroxyl groups is 2. The van der Waals surface area contributed by atoms with Crippen molar-refractivity contribution in [3.05, 3.63) is 127 Å². The normalized spacial score (nSPS) is 11.9. The topological polar surface area (TPSA) is 251 Å². The van der Waals surface area contributed by atoms with Gasteiger partial charge in [0.15, 0.2) is 6.10 Å². The summed E-state index contributed by atoms with van der Waals surface area (Å²) in [6.45, 7) is 16.9. The Morgan fingerprint density at radius 2 is 1.05 bits per heavy atom. The molecule has 7 rings (SSSR count). The number of nitrogens with zero attached hydrogens (tertiary/aromatic N) is 6. The number of halogens is 2. The van der Waals surface area contributed by atoms with Crippen LogP contribution >= 0.6 is 45.2 Å². The Morgan fingerprint density at radius 3 is 1.45 bits per heavy atom. The van der Waals surface area contributed by atoms with Crippen LogP contribution in [0.1, 0.15) is 94.5 Å². The van der Waals surface area contributed by atoms with E-state index in [1.807, 2.05) is 50.2 Å². The summed E-state index contributed by atoms with van der Waals surface area (Å²) in [4.78, 5) is 48.1. The summed E-state index contributed by atoms with van der Waals surface area (Å²) in [6, 6.07) is 18.0. The summed E-state index contributed by atoms with van der Waals surface area (Å²) >= 11 is 4.38. The first kappa shape index (κ1) is 68.7. The minimum Gasteiger partial charge on any atom is -0.505 e. The molecule has 1 fully saturated rings. The summed E-state index contributed by atoms with van der Waals surface area (Å²) in [7, 11) is 0. The first-order valence-electron chi connectivity index (χ1n) is 20.6. The number of carbonyl (C=O) groups excluding carboxylic acids is 3. The molecule has 2 aromatic heterocycles. The van der Waals surface area contributed by atoms with Crippen LogP contribution in [-0.2, 0) is 63.8 Å². The molecule has 1 aliphatic rings. The average molecular weight is 1240 g/mol. The van der Waals surface area contributed by atoms with Crippen molar-refractivity contribution in [1.82, 2.24) is 30.0 Å². The number of esters is 3. The molecule has 0 radical (unpaired) electrons. The molecule has 4 N–H and O–H groups in total. The second-order valence-corrected chi connectivity index (χ2v) is 17.6. The van der Waals surface area contributed by atoms with E-state index in [9.17, 15) is 34.5 Å². The van der Waals surface area contributed by atoms with E-state index in [0.29, 0.717) is 74.4 Å². The van der Waals surface area contributed by atoms with E-state index in [2.05, 4.69) is 85.3 Å². The quantitative estimate of drug-likeness (QED) is 0.0231. The Labute approximate surface area is 456 Å². The van der Waals surface area contributed by atoms with Crippen molar-refractivity contribution >= 4 is 91.1 Å². The number of aryl methyl sites for hydroxylation is 2. The number of carboxylic acid groups (broad SMARTS) is 1. The van der Waals surface area contributed by atoms with E-state index >= 15 is 0 Å². The predicted octanol–water partition coefficient (Wildman–Crippen LogP) is 10.6. The van der Waals surface area contributed by atoms with Crippen LogP contribution in [-0.4, -0.2) is 106 Å². The lowest BCUT2D eigenvalue weighted by Crippen LogP contribution is -2.26. The number of aliphatic hydroxyl groups is 1. The lowest BCUT2D eigenvalue weighted by Gasteiger charge is -2.13. The lowest BCUT2D eigenvalue weighted by molar-refractivity contribution is -0.150. The fourth-order valence-electron chi connectivity index (χ4n) is 6.00. The van der Waals surface area contributed by atoms with Crippen molar-refractivity contribution in [1.29, 1.82) is 0 Å². The van der Waals surface area contributed by atoms with Gasteiger partial charge in [-0.15, -0.1) is 30.0 Å². The molecule has 0 amide bonds. The van der Waals surface area contributed by atoms with Gasteiger partial charge in [0.05, 0.1) is 12.8 Å². The molecule has 1 aliphatic heterocycles. The number of rotatable bonds is 16. The van der Waals surface area contributed by atoms with Crippen LogP contribution in [0.3, 0.4) is 0 Å². The Morgan fingerprint density at radius 1 is 0.658 bits per heavy atom. The molecular formula is C53H72I2N6O12. The van der Waals surface area contributed by atoms with Gasteiger partial charge < -0.3 is 39.4 Å². The third-order valence-corrected chi connectivity index (χ3v) is 10.9. The van der Waals surface area contributed by atoms with Gasteiger partial charge in [0.25, 0.3) is 0 Å². The molecule has 2 atom stereocenters. The van der Waals surface area contributed by atoms with Crippen LogP contribution < -0.4 is 0 Å². The molecule has 0 bridgehead atoms. The zero-order valence-electron chi connectivity index (χ0n) is 37.0. The van der Waals surface area contributed by atoms with E-state index in [4.69, 9.17) is 24.1 Å². The predicted molar refractivity (Wildman–Crippen MR) is 303 cm³/mol. The number of benzene rings is 4. The molecule has 73 heavy (non-hydrogen) atoms. The molecule has 18 nitrogen and oxygen atoms in total.